The number of fused-ring (bicyclic) bond motifs is 1. The molecule has 4 aromatic rings. The fourth-order valence-corrected chi connectivity index (χ4v) is 4.97. The number of aliphatic hydroxyl groups is 1. The highest BCUT2D eigenvalue weighted by Gasteiger charge is 2.27. The molecule has 0 amide bonds. The Hall–Kier alpha value is -3.45. The predicted molar refractivity (Wildman–Crippen MR) is 143 cm³/mol. The number of pyridine rings is 1. The van der Waals surface area contributed by atoms with Crippen molar-refractivity contribution in [2.75, 3.05) is 46.4 Å². The van der Waals surface area contributed by atoms with Gasteiger partial charge in [0.1, 0.15) is 18.5 Å². The van der Waals surface area contributed by atoms with Crippen LogP contribution in [0.2, 0.25) is 0 Å². The molecule has 1 atom stereocenters. The van der Waals surface area contributed by atoms with E-state index < -0.39 is 6.10 Å². The molecule has 1 aliphatic rings. The van der Waals surface area contributed by atoms with Gasteiger partial charge in [0.05, 0.1) is 18.7 Å². The Morgan fingerprint density at radius 3 is 2.11 bits per heavy atom. The zero-order valence-corrected chi connectivity index (χ0v) is 20.7. The third kappa shape index (κ3) is 5.68. The number of ether oxygens (including phenoxy) is 2. The smallest absolute Gasteiger partial charge is 0.213 e. The molecule has 3 aromatic carbocycles. The molecule has 2 heterocycles. The molecule has 1 aliphatic heterocycles. The van der Waals surface area contributed by atoms with Gasteiger partial charge in [-0.2, -0.15) is 0 Å². The summed E-state index contributed by atoms with van der Waals surface area (Å²) < 4.78 is 11.2. The van der Waals surface area contributed by atoms with Crippen molar-refractivity contribution < 1.29 is 14.6 Å². The van der Waals surface area contributed by atoms with Gasteiger partial charge in [-0.1, -0.05) is 66.7 Å². The number of methoxy groups -OCH3 is 1. The zero-order valence-electron chi connectivity index (χ0n) is 20.7. The molecule has 1 unspecified atom stereocenters. The Labute approximate surface area is 212 Å². The van der Waals surface area contributed by atoms with Gasteiger partial charge in [0, 0.05) is 44.2 Å². The third-order valence-corrected chi connectivity index (χ3v) is 6.78. The van der Waals surface area contributed by atoms with Crippen molar-refractivity contribution in [2.45, 2.75) is 12.1 Å². The first-order valence-corrected chi connectivity index (χ1v) is 12.5. The van der Waals surface area contributed by atoms with Gasteiger partial charge in [0.15, 0.2) is 0 Å². The Balaban J connectivity index is 1.17. The summed E-state index contributed by atoms with van der Waals surface area (Å²) in [4.78, 5) is 9.33. The third-order valence-electron chi connectivity index (χ3n) is 6.78. The Kier molecular flexibility index (Phi) is 7.76. The van der Waals surface area contributed by atoms with Gasteiger partial charge in [0.25, 0.3) is 0 Å². The number of hydrogen-bond donors (Lipinski definition) is 1. The van der Waals surface area contributed by atoms with Gasteiger partial charge in [0.2, 0.25) is 5.88 Å². The number of hydrogen-bond acceptors (Lipinski definition) is 6. The molecule has 1 saturated heterocycles. The summed E-state index contributed by atoms with van der Waals surface area (Å²) in [5.41, 5.74) is 3.43. The van der Waals surface area contributed by atoms with E-state index in [-0.39, 0.29) is 12.6 Å². The number of aliphatic hydroxyl groups excluding tert-OH is 1. The molecule has 6 heteroatoms. The Bertz CT molecular complexity index is 1200. The maximum atomic E-state index is 10.7. The summed E-state index contributed by atoms with van der Waals surface area (Å²) in [6, 6.07) is 31.2. The number of piperazine rings is 1. The van der Waals surface area contributed by atoms with E-state index in [1.165, 1.54) is 11.1 Å². The fourth-order valence-electron chi connectivity index (χ4n) is 4.97. The van der Waals surface area contributed by atoms with E-state index in [0.29, 0.717) is 12.4 Å². The standard InChI is InChI=1S/C30H33N3O3/c1-35-29-16-15-26-27(31-29)13-8-14-28(26)36-22-25(34)21-32-17-19-33(20-18-32)30(23-9-4-2-5-10-23)24-11-6-3-7-12-24/h2-16,25,30,34H,17-22H2,1H3. The summed E-state index contributed by atoms with van der Waals surface area (Å²) in [6.45, 7) is 4.53. The summed E-state index contributed by atoms with van der Waals surface area (Å²) >= 11 is 0. The maximum absolute atomic E-state index is 10.7. The first-order valence-electron chi connectivity index (χ1n) is 12.5. The van der Waals surface area contributed by atoms with Crippen LogP contribution in [0, 0.1) is 0 Å². The molecule has 0 bridgehead atoms. The largest absolute Gasteiger partial charge is 0.490 e. The second-order valence-corrected chi connectivity index (χ2v) is 9.20. The zero-order chi connectivity index (χ0) is 24.7. The summed E-state index contributed by atoms with van der Waals surface area (Å²) in [7, 11) is 1.61. The topological polar surface area (TPSA) is 58.1 Å². The molecule has 1 fully saturated rings. The predicted octanol–water partition coefficient (Wildman–Crippen LogP) is 4.39. The lowest BCUT2D eigenvalue weighted by Gasteiger charge is -2.40. The molecule has 1 aromatic heterocycles. The second kappa shape index (κ2) is 11.5. The van der Waals surface area contributed by atoms with Crippen LogP contribution in [0.4, 0.5) is 0 Å². The van der Waals surface area contributed by atoms with Crippen molar-refractivity contribution in [1.82, 2.24) is 14.8 Å². The minimum Gasteiger partial charge on any atom is -0.490 e. The van der Waals surface area contributed by atoms with Crippen molar-refractivity contribution in [2.24, 2.45) is 0 Å². The van der Waals surface area contributed by atoms with Crippen LogP contribution >= 0.6 is 0 Å². The molecule has 0 aliphatic carbocycles. The van der Waals surface area contributed by atoms with E-state index in [1.54, 1.807) is 7.11 Å². The SMILES string of the molecule is COc1ccc2c(OCC(O)CN3CCN(C(c4ccccc4)c4ccccc4)CC3)cccc2n1. The highest BCUT2D eigenvalue weighted by atomic mass is 16.5. The van der Waals surface area contributed by atoms with Gasteiger partial charge in [-0.05, 0) is 29.3 Å². The van der Waals surface area contributed by atoms with Crippen LogP contribution < -0.4 is 9.47 Å². The molecule has 36 heavy (non-hydrogen) atoms. The number of nitrogens with zero attached hydrogens (tertiary/aromatic N) is 3. The average molecular weight is 484 g/mol. The van der Waals surface area contributed by atoms with E-state index in [4.69, 9.17) is 9.47 Å². The van der Waals surface area contributed by atoms with Crippen LogP contribution in [-0.4, -0.2) is 72.4 Å². The molecule has 0 saturated carbocycles. The van der Waals surface area contributed by atoms with E-state index in [2.05, 4.69) is 75.4 Å². The van der Waals surface area contributed by atoms with E-state index >= 15 is 0 Å². The van der Waals surface area contributed by atoms with Crippen LogP contribution in [0.1, 0.15) is 17.2 Å². The van der Waals surface area contributed by atoms with Crippen LogP contribution in [-0.2, 0) is 0 Å². The van der Waals surface area contributed by atoms with Crippen molar-refractivity contribution >= 4 is 10.9 Å². The summed E-state index contributed by atoms with van der Waals surface area (Å²) in [6.07, 6.45) is -0.572. The molecule has 6 nitrogen and oxygen atoms in total. The van der Waals surface area contributed by atoms with Crippen molar-refractivity contribution in [1.29, 1.82) is 0 Å². The van der Waals surface area contributed by atoms with Crippen LogP contribution in [0.25, 0.3) is 10.9 Å². The second-order valence-electron chi connectivity index (χ2n) is 9.20. The minimum atomic E-state index is -0.572. The van der Waals surface area contributed by atoms with Gasteiger partial charge >= 0.3 is 0 Å². The van der Waals surface area contributed by atoms with Gasteiger partial charge in [-0.3, -0.25) is 9.80 Å². The molecule has 5 rings (SSSR count). The average Bonchev–Trinajstić information content (AvgIpc) is 2.94. The van der Waals surface area contributed by atoms with E-state index in [1.807, 2.05) is 30.3 Å². The molecular weight excluding hydrogens is 450 g/mol. The highest BCUT2D eigenvalue weighted by Crippen LogP contribution is 2.30. The molecule has 186 valence electrons. The fraction of sp³-hybridized carbons (Fsp3) is 0.300. The first-order chi connectivity index (χ1) is 17.7. The van der Waals surface area contributed by atoms with Crippen LogP contribution in [0.5, 0.6) is 11.6 Å². The monoisotopic (exact) mass is 483 g/mol. The quantitative estimate of drug-likeness (QED) is 0.381. The Morgan fingerprint density at radius 2 is 1.47 bits per heavy atom. The van der Waals surface area contributed by atoms with E-state index in [9.17, 15) is 5.11 Å². The summed E-state index contributed by atoms with van der Waals surface area (Å²) in [5.74, 6) is 1.29. The lowest BCUT2D eigenvalue weighted by Crippen LogP contribution is -2.50. The molecule has 0 spiro atoms. The first kappa shape index (κ1) is 24.3. The van der Waals surface area contributed by atoms with Gasteiger partial charge < -0.3 is 14.6 Å². The van der Waals surface area contributed by atoms with Crippen LogP contribution in [0.3, 0.4) is 0 Å². The number of β-amino-alcohol motifs (C(OH)–C–C–N with tert-alkyl or cyclic N) is 1. The number of rotatable bonds is 9. The lowest BCUT2D eigenvalue weighted by molar-refractivity contribution is 0.0404. The van der Waals surface area contributed by atoms with Crippen LogP contribution in [0.15, 0.2) is 91.0 Å². The van der Waals surface area contributed by atoms with Gasteiger partial charge in [-0.25, -0.2) is 4.98 Å². The van der Waals surface area contributed by atoms with Gasteiger partial charge in [-0.15, -0.1) is 0 Å². The molecule has 0 radical (unpaired) electrons. The number of benzene rings is 3. The minimum absolute atomic E-state index is 0.237. The van der Waals surface area contributed by atoms with Crippen molar-refractivity contribution in [3.63, 3.8) is 0 Å². The van der Waals surface area contributed by atoms with Crippen molar-refractivity contribution in [3.05, 3.63) is 102 Å². The molecular formula is C30H33N3O3. The lowest BCUT2D eigenvalue weighted by atomic mass is 9.96. The Morgan fingerprint density at radius 1 is 0.806 bits per heavy atom. The normalized spacial score (nSPS) is 15.8. The van der Waals surface area contributed by atoms with E-state index in [0.717, 1.165) is 42.8 Å². The molecule has 1 N–H and O–H groups in total. The summed E-state index contributed by atoms with van der Waals surface area (Å²) in [5, 5.41) is 11.6. The highest BCUT2D eigenvalue weighted by molar-refractivity contribution is 5.85. The number of aromatic nitrogens is 1. The maximum Gasteiger partial charge on any atom is 0.213 e. The van der Waals surface area contributed by atoms with Crippen molar-refractivity contribution in [3.8, 4) is 11.6 Å².